The van der Waals surface area contributed by atoms with Gasteiger partial charge in [-0.1, -0.05) is 60.7 Å². The molecule has 0 spiro atoms. The molecule has 2 aliphatic heterocycles. The van der Waals surface area contributed by atoms with Gasteiger partial charge in [0.15, 0.2) is 0 Å². The molecule has 0 saturated carbocycles. The van der Waals surface area contributed by atoms with E-state index in [0.717, 1.165) is 11.1 Å². The molecule has 11 rings (SSSR count). The van der Waals surface area contributed by atoms with Crippen molar-refractivity contribution in [2.45, 2.75) is 36.1 Å². The van der Waals surface area contributed by atoms with Gasteiger partial charge in [0.1, 0.15) is 87.3 Å². The van der Waals surface area contributed by atoms with E-state index >= 15 is 0 Å². The first-order valence-electron chi connectivity index (χ1n) is 21.8. The van der Waals surface area contributed by atoms with Gasteiger partial charge in [-0.05, 0) is 118 Å². The Balaban J connectivity index is 0.988. The van der Waals surface area contributed by atoms with Crippen LogP contribution in [-0.2, 0) is 0 Å². The second-order valence-corrected chi connectivity index (χ2v) is 17.4. The van der Waals surface area contributed by atoms with E-state index in [0.29, 0.717) is 67.3 Å². The standard InChI is InChI=1S/C56H42O12/c57-34-11-5-29(6-12-34)49-51-43(23-40(63)25-45(51)65)53-52-44(24-41(64)27-47(52)68-55(53)31-9-15-36(59)16-10-31)56(49)66-42-17-2-28(3-18-42)1-4-32-19-39(62)26-46-48(32)50(33-20-37(60)22-38(61)21-33)54(67-46)30-7-13-35(58)14-8-30/h1-27,49-50,53-65H/t49-,50-,53-,54+,55+,56-/m1/s1. The summed E-state index contributed by atoms with van der Waals surface area (Å²) >= 11 is 0. The Labute approximate surface area is 389 Å². The van der Waals surface area contributed by atoms with Crippen molar-refractivity contribution in [2.75, 3.05) is 0 Å². The highest BCUT2D eigenvalue weighted by Crippen LogP contribution is 2.61. The minimum Gasteiger partial charge on any atom is -0.508 e. The molecule has 0 fully saturated rings. The Hall–Kier alpha value is -8.90. The second-order valence-electron chi connectivity index (χ2n) is 17.4. The number of benzene rings is 8. The average molecular weight is 907 g/mol. The summed E-state index contributed by atoms with van der Waals surface area (Å²) in [6.45, 7) is 0. The first-order valence-corrected chi connectivity index (χ1v) is 21.8. The van der Waals surface area contributed by atoms with E-state index in [9.17, 15) is 46.0 Å². The number of phenolic OH excluding ortho intramolecular Hbond substituents is 9. The number of hydrogen-bond donors (Lipinski definition) is 9. The third-order valence-corrected chi connectivity index (χ3v) is 13.1. The van der Waals surface area contributed by atoms with E-state index < -0.39 is 36.1 Å². The minimum absolute atomic E-state index is 0.0355. The summed E-state index contributed by atoms with van der Waals surface area (Å²) in [5.74, 6) is -1.23. The fraction of sp³-hybridized carbons (Fsp3) is 0.107. The van der Waals surface area contributed by atoms with Crippen LogP contribution in [-0.4, -0.2) is 46.0 Å². The van der Waals surface area contributed by atoms with E-state index in [4.69, 9.17) is 14.2 Å². The topological polar surface area (TPSA) is 210 Å². The lowest BCUT2D eigenvalue weighted by atomic mass is 9.80. The van der Waals surface area contributed by atoms with Crippen LogP contribution < -0.4 is 14.2 Å². The summed E-state index contributed by atoms with van der Waals surface area (Å²) in [7, 11) is 0. The lowest BCUT2D eigenvalue weighted by Crippen LogP contribution is -2.19. The molecule has 9 N–H and O–H groups in total. The van der Waals surface area contributed by atoms with Crippen molar-refractivity contribution in [2.24, 2.45) is 0 Å². The molecule has 1 aliphatic carbocycles. The number of phenols is 9. The maximum Gasteiger partial charge on any atom is 0.135 e. The second kappa shape index (κ2) is 16.2. The average Bonchev–Trinajstić information content (AvgIpc) is 3.85. The summed E-state index contributed by atoms with van der Waals surface area (Å²) in [6.07, 6.45) is 1.45. The largest absolute Gasteiger partial charge is 0.508 e. The van der Waals surface area contributed by atoms with Crippen LogP contribution in [0.2, 0.25) is 0 Å². The Kier molecular flexibility index (Phi) is 9.96. The number of ether oxygens (including phenoxy) is 3. The van der Waals surface area contributed by atoms with Crippen molar-refractivity contribution in [3.8, 4) is 69.0 Å². The maximum absolute atomic E-state index is 11.9. The van der Waals surface area contributed by atoms with Gasteiger partial charge in [0.2, 0.25) is 0 Å². The molecule has 12 nitrogen and oxygen atoms in total. The summed E-state index contributed by atoms with van der Waals surface area (Å²) in [5, 5.41) is 96.8. The highest BCUT2D eigenvalue weighted by atomic mass is 16.5. The third-order valence-electron chi connectivity index (χ3n) is 13.1. The van der Waals surface area contributed by atoms with Crippen LogP contribution >= 0.6 is 0 Å². The van der Waals surface area contributed by atoms with E-state index in [-0.39, 0.29) is 51.7 Å². The molecular formula is C56H42O12. The van der Waals surface area contributed by atoms with Crippen molar-refractivity contribution < 1.29 is 60.2 Å². The van der Waals surface area contributed by atoms with Gasteiger partial charge >= 0.3 is 0 Å². The highest BCUT2D eigenvalue weighted by molar-refractivity contribution is 5.76. The number of aromatic hydroxyl groups is 9. The number of rotatable bonds is 8. The van der Waals surface area contributed by atoms with E-state index in [1.54, 1.807) is 115 Å². The lowest BCUT2D eigenvalue weighted by molar-refractivity contribution is 0.184. The summed E-state index contributed by atoms with van der Waals surface area (Å²) in [6, 6.07) is 40.6. The Morgan fingerprint density at radius 2 is 0.868 bits per heavy atom. The molecule has 0 unspecified atom stereocenters. The molecular weight excluding hydrogens is 865 g/mol. The molecule has 338 valence electrons. The van der Waals surface area contributed by atoms with Gasteiger partial charge in [-0.25, -0.2) is 0 Å². The van der Waals surface area contributed by atoms with Gasteiger partial charge in [0, 0.05) is 46.5 Å². The molecule has 6 atom stereocenters. The zero-order valence-electron chi connectivity index (χ0n) is 35.8. The summed E-state index contributed by atoms with van der Waals surface area (Å²) < 4.78 is 20.1. The first kappa shape index (κ1) is 41.8. The smallest absolute Gasteiger partial charge is 0.135 e. The van der Waals surface area contributed by atoms with Gasteiger partial charge in [-0.3, -0.25) is 0 Å². The van der Waals surface area contributed by atoms with Gasteiger partial charge < -0.3 is 60.2 Å². The monoisotopic (exact) mass is 906 g/mol. The molecule has 8 aromatic rings. The van der Waals surface area contributed by atoms with Gasteiger partial charge in [-0.15, -0.1) is 0 Å². The SMILES string of the molecule is Oc1ccc([C@@H]2c3c(O)cc(O)cc3[C@@H]3c4c(cc(O)cc4[C@H]2Oc2ccc(C=Cc4cc(O)cc5c4[C@@H](c4cc(O)cc(O)c4)[C@H](c4ccc(O)cc4)O5)cc2)O[C@H]3c2ccc(O)cc2)cc1. The first-order chi connectivity index (χ1) is 32.8. The Morgan fingerprint density at radius 3 is 1.47 bits per heavy atom. The van der Waals surface area contributed by atoms with E-state index in [1.165, 1.54) is 24.3 Å². The molecule has 68 heavy (non-hydrogen) atoms. The minimum atomic E-state index is -0.923. The number of fused-ring (bicyclic) bond motifs is 3. The predicted molar refractivity (Wildman–Crippen MR) is 251 cm³/mol. The van der Waals surface area contributed by atoms with E-state index in [1.807, 2.05) is 24.3 Å². The van der Waals surface area contributed by atoms with Crippen LogP contribution in [0.1, 0.15) is 97.3 Å². The molecule has 0 bridgehead atoms. The van der Waals surface area contributed by atoms with Gasteiger partial charge in [-0.2, -0.15) is 0 Å². The molecule has 12 heteroatoms. The molecule has 0 aromatic heterocycles. The molecule has 0 saturated heterocycles. The third kappa shape index (κ3) is 7.37. The van der Waals surface area contributed by atoms with Crippen LogP contribution in [0.5, 0.6) is 69.0 Å². The van der Waals surface area contributed by atoms with Crippen molar-refractivity contribution in [3.63, 3.8) is 0 Å². The van der Waals surface area contributed by atoms with Gasteiger partial charge in [0.05, 0.1) is 17.8 Å². The predicted octanol–water partition coefficient (Wildman–Crippen LogP) is 11.0. The van der Waals surface area contributed by atoms with Crippen molar-refractivity contribution in [3.05, 3.63) is 213 Å². The molecule has 2 heterocycles. The fourth-order valence-electron chi connectivity index (χ4n) is 10.2. The van der Waals surface area contributed by atoms with Crippen LogP contribution in [0.15, 0.2) is 152 Å². The normalized spacial score (nSPS) is 19.9. The molecule has 3 aliphatic rings. The summed E-state index contributed by atoms with van der Waals surface area (Å²) in [5.41, 5.74) is 7.05. The quantitative estimate of drug-likeness (QED) is 0.0652. The maximum atomic E-state index is 11.9. The highest BCUT2D eigenvalue weighted by Gasteiger charge is 2.48. The fourth-order valence-corrected chi connectivity index (χ4v) is 10.2. The summed E-state index contributed by atoms with van der Waals surface area (Å²) in [4.78, 5) is 0. The van der Waals surface area contributed by atoms with Crippen LogP contribution in [0.4, 0.5) is 0 Å². The van der Waals surface area contributed by atoms with E-state index in [2.05, 4.69) is 0 Å². The van der Waals surface area contributed by atoms with Crippen LogP contribution in [0.3, 0.4) is 0 Å². The lowest BCUT2D eigenvalue weighted by Gasteiger charge is -2.30. The zero-order chi connectivity index (χ0) is 47.0. The van der Waals surface area contributed by atoms with Crippen molar-refractivity contribution in [1.29, 1.82) is 0 Å². The zero-order valence-corrected chi connectivity index (χ0v) is 35.8. The van der Waals surface area contributed by atoms with Crippen molar-refractivity contribution in [1.82, 2.24) is 0 Å². The van der Waals surface area contributed by atoms with Gasteiger partial charge in [0.25, 0.3) is 0 Å². The van der Waals surface area contributed by atoms with Crippen LogP contribution in [0.25, 0.3) is 12.2 Å². The molecule has 0 radical (unpaired) electrons. The van der Waals surface area contributed by atoms with Crippen molar-refractivity contribution >= 4 is 12.2 Å². The Bertz CT molecular complexity index is 3250. The molecule has 8 aromatic carbocycles. The number of hydrogen-bond acceptors (Lipinski definition) is 12. The Morgan fingerprint density at radius 1 is 0.368 bits per heavy atom. The van der Waals surface area contributed by atoms with Crippen LogP contribution in [0, 0.1) is 0 Å². The molecule has 0 amide bonds.